The summed E-state index contributed by atoms with van der Waals surface area (Å²) in [4.78, 5) is 12.4. The van der Waals surface area contributed by atoms with E-state index in [4.69, 9.17) is 0 Å². The molecular formula is C14H22N4O2. The average molecular weight is 278 g/mol. The monoisotopic (exact) mass is 278 g/mol. The molecule has 3 N–H and O–H groups in total. The summed E-state index contributed by atoms with van der Waals surface area (Å²) in [5.74, 6) is -0.0769. The van der Waals surface area contributed by atoms with Crippen LogP contribution in [-0.4, -0.2) is 39.5 Å². The molecule has 110 valence electrons. The summed E-state index contributed by atoms with van der Waals surface area (Å²) < 4.78 is 1.83. The van der Waals surface area contributed by atoms with Crippen LogP contribution in [0.25, 0.3) is 0 Å². The van der Waals surface area contributed by atoms with Gasteiger partial charge in [0.15, 0.2) is 5.69 Å². The molecule has 1 saturated carbocycles. The maximum Gasteiger partial charge on any atom is 0.272 e. The van der Waals surface area contributed by atoms with Crippen molar-refractivity contribution in [3.05, 3.63) is 17.0 Å². The number of aliphatic hydroxyl groups is 1. The first-order valence-corrected chi connectivity index (χ1v) is 7.39. The van der Waals surface area contributed by atoms with Crippen molar-refractivity contribution in [2.75, 3.05) is 6.54 Å². The standard InChI is InChI=1S/C14H22N4O2/c1-18-12-6-7-15-8-11(12)13(17-18)14(20)16-9-2-4-10(19)5-3-9/h9-10,15,19H,2-8H2,1H3,(H,16,20). The van der Waals surface area contributed by atoms with Gasteiger partial charge in [0.25, 0.3) is 5.91 Å². The minimum absolute atomic E-state index is 0.0769. The molecule has 0 radical (unpaired) electrons. The normalized spacial score (nSPS) is 26.1. The molecule has 1 aromatic heterocycles. The van der Waals surface area contributed by atoms with E-state index in [0.29, 0.717) is 5.69 Å². The van der Waals surface area contributed by atoms with E-state index in [1.54, 1.807) is 0 Å². The van der Waals surface area contributed by atoms with Gasteiger partial charge in [-0.25, -0.2) is 0 Å². The number of aliphatic hydroxyl groups excluding tert-OH is 1. The van der Waals surface area contributed by atoms with E-state index in [1.165, 1.54) is 0 Å². The molecule has 3 rings (SSSR count). The molecule has 0 bridgehead atoms. The van der Waals surface area contributed by atoms with Crippen molar-refractivity contribution in [2.45, 2.75) is 50.8 Å². The Morgan fingerprint density at radius 1 is 1.40 bits per heavy atom. The second-order valence-electron chi connectivity index (χ2n) is 5.80. The first-order chi connectivity index (χ1) is 9.65. The summed E-state index contributed by atoms with van der Waals surface area (Å²) in [5, 5.41) is 20.2. The minimum atomic E-state index is -0.199. The van der Waals surface area contributed by atoms with Gasteiger partial charge in [-0.1, -0.05) is 0 Å². The number of carbonyl (C=O) groups is 1. The van der Waals surface area contributed by atoms with Crippen LogP contribution in [0.5, 0.6) is 0 Å². The van der Waals surface area contributed by atoms with Crippen LogP contribution in [-0.2, 0) is 20.0 Å². The molecule has 0 saturated heterocycles. The van der Waals surface area contributed by atoms with Crippen LogP contribution in [0.1, 0.15) is 47.4 Å². The highest BCUT2D eigenvalue weighted by Crippen LogP contribution is 2.21. The minimum Gasteiger partial charge on any atom is -0.393 e. The summed E-state index contributed by atoms with van der Waals surface area (Å²) >= 11 is 0. The summed E-state index contributed by atoms with van der Waals surface area (Å²) in [5.41, 5.74) is 2.75. The molecule has 0 aromatic carbocycles. The average Bonchev–Trinajstić information content (AvgIpc) is 2.79. The number of hydrogen-bond donors (Lipinski definition) is 3. The maximum atomic E-state index is 12.4. The Morgan fingerprint density at radius 3 is 2.90 bits per heavy atom. The van der Waals surface area contributed by atoms with Crippen LogP contribution < -0.4 is 10.6 Å². The van der Waals surface area contributed by atoms with E-state index in [-0.39, 0.29) is 18.1 Å². The molecule has 0 spiro atoms. The van der Waals surface area contributed by atoms with Crippen molar-refractivity contribution in [3.63, 3.8) is 0 Å². The number of nitrogens with one attached hydrogen (secondary N) is 2. The predicted molar refractivity (Wildman–Crippen MR) is 74.3 cm³/mol. The van der Waals surface area contributed by atoms with Crippen LogP contribution in [0, 0.1) is 0 Å². The topological polar surface area (TPSA) is 79.2 Å². The third-order valence-electron chi connectivity index (χ3n) is 4.36. The molecule has 2 aliphatic rings. The van der Waals surface area contributed by atoms with Gasteiger partial charge < -0.3 is 15.7 Å². The number of carbonyl (C=O) groups excluding carboxylic acids is 1. The number of aryl methyl sites for hydroxylation is 1. The highest BCUT2D eigenvalue weighted by molar-refractivity contribution is 5.94. The first-order valence-electron chi connectivity index (χ1n) is 7.39. The summed E-state index contributed by atoms with van der Waals surface area (Å²) in [6.45, 7) is 1.66. The zero-order valence-corrected chi connectivity index (χ0v) is 11.9. The molecule has 1 aliphatic carbocycles. The van der Waals surface area contributed by atoms with Gasteiger partial charge in [-0.15, -0.1) is 0 Å². The van der Waals surface area contributed by atoms with Crippen molar-refractivity contribution < 1.29 is 9.90 Å². The lowest BCUT2D eigenvalue weighted by molar-refractivity contribution is 0.0861. The van der Waals surface area contributed by atoms with Gasteiger partial charge in [-0.05, 0) is 25.7 Å². The Bertz CT molecular complexity index is 504. The van der Waals surface area contributed by atoms with Crippen LogP contribution in [0.2, 0.25) is 0 Å². The lowest BCUT2D eigenvalue weighted by Crippen LogP contribution is -2.39. The third-order valence-corrected chi connectivity index (χ3v) is 4.36. The Kier molecular flexibility index (Phi) is 3.76. The van der Waals surface area contributed by atoms with E-state index in [9.17, 15) is 9.90 Å². The molecule has 6 nitrogen and oxygen atoms in total. The quantitative estimate of drug-likeness (QED) is 0.717. The fourth-order valence-corrected chi connectivity index (χ4v) is 3.18. The van der Waals surface area contributed by atoms with Gasteiger partial charge in [-0.2, -0.15) is 5.10 Å². The molecule has 1 aromatic rings. The van der Waals surface area contributed by atoms with E-state index in [0.717, 1.165) is 56.5 Å². The van der Waals surface area contributed by atoms with Gasteiger partial charge in [0.05, 0.1) is 6.10 Å². The highest BCUT2D eigenvalue weighted by Gasteiger charge is 2.26. The van der Waals surface area contributed by atoms with Crippen LogP contribution in [0.3, 0.4) is 0 Å². The first kappa shape index (κ1) is 13.6. The lowest BCUT2D eigenvalue weighted by atomic mass is 9.93. The second kappa shape index (κ2) is 5.54. The van der Waals surface area contributed by atoms with Gasteiger partial charge >= 0.3 is 0 Å². The third kappa shape index (κ3) is 2.58. The fraction of sp³-hybridized carbons (Fsp3) is 0.714. The molecule has 1 fully saturated rings. The number of rotatable bonds is 2. The van der Waals surface area contributed by atoms with Crippen LogP contribution in [0.15, 0.2) is 0 Å². The number of fused-ring (bicyclic) bond motifs is 1. The van der Waals surface area contributed by atoms with E-state index >= 15 is 0 Å². The Balaban J connectivity index is 1.71. The second-order valence-corrected chi connectivity index (χ2v) is 5.80. The molecule has 1 aliphatic heterocycles. The van der Waals surface area contributed by atoms with Crippen LogP contribution in [0.4, 0.5) is 0 Å². The van der Waals surface area contributed by atoms with Crippen molar-refractivity contribution in [3.8, 4) is 0 Å². The zero-order valence-electron chi connectivity index (χ0n) is 11.9. The van der Waals surface area contributed by atoms with Crippen molar-refractivity contribution in [1.29, 1.82) is 0 Å². The Labute approximate surface area is 118 Å². The lowest BCUT2D eigenvalue weighted by Gasteiger charge is -2.26. The largest absolute Gasteiger partial charge is 0.393 e. The predicted octanol–water partition coefficient (Wildman–Crippen LogP) is 0.0991. The SMILES string of the molecule is Cn1nc(C(=O)NC2CCC(O)CC2)c2c1CCNC2. The summed E-state index contributed by atoms with van der Waals surface area (Å²) in [6, 6.07) is 0.167. The van der Waals surface area contributed by atoms with E-state index in [2.05, 4.69) is 15.7 Å². The van der Waals surface area contributed by atoms with Crippen molar-refractivity contribution in [1.82, 2.24) is 20.4 Å². The molecule has 1 amide bonds. The summed E-state index contributed by atoms with van der Waals surface area (Å²) in [7, 11) is 1.90. The van der Waals surface area contributed by atoms with E-state index < -0.39 is 0 Å². The van der Waals surface area contributed by atoms with Gasteiger partial charge in [0.1, 0.15) is 0 Å². The van der Waals surface area contributed by atoms with Crippen molar-refractivity contribution >= 4 is 5.91 Å². The number of nitrogens with zero attached hydrogens (tertiary/aromatic N) is 2. The smallest absolute Gasteiger partial charge is 0.272 e. The molecule has 6 heteroatoms. The molecule has 0 atom stereocenters. The number of hydrogen-bond acceptors (Lipinski definition) is 4. The Hall–Kier alpha value is -1.40. The zero-order chi connectivity index (χ0) is 14.1. The Morgan fingerprint density at radius 2 is 2.15 bits per heavy atom. The van der Waals surface area contributed by atoms with Gasteiger partial charge in [0, 0.05) is 43.9 Å². The molecular weight excluding hydrogens is 256 g/mol. The summed E-state index contributed by atoms with van der Waals surface area (Å²) in [6.07, 6.45) is 3.96. The fourth-order valence-electron chi connectivity index (χ4n) is 3.18. The molecule has 0 unspecified atom stereocenters. The van der Waals surface area contributed by atoms with Crippen LogP contribution >= 0.6 is 0 Å². The van der Waals surface area contributed by atoms with E-state index in [1.807, 2.05) is 11.7 Å². The molecule has 20 heavy (non-hydrogen) atoms. The van der Waals surface area contributed by atoms with Gasteiger partial charge in [-0.3, -0.25) is 9.48 Å². The molecule has 2 heterocycles. The van der Waals surface area contributed by atoms with Gasteiger partial charge in [0.2, 0.25) is 0 Å². The maximum absolute atomic E-state index is 12.4. The number of aromatic nitrogens is 2. The highest BCUT2D eigenvalue weighted by atomic mass is 16.3. The van der Waals surface area contributed by atoms with Crippen molar-refractivity contribution in [2.24, 2.45) is 7.05 Å². The number of amides is 1.